The van der Waals surface area contributed by atoms with Gasteiger partial charge in [-0.2, -0.15) is 0 Å². The lowest BCUT2D eigenvalue weighted by molar-refractivity contribution is -0.870. The monoisotopic (exact) mass is 1060 g/mol. The lowest BCUT2D eigenvalue weighted by Gasteiger charge is -2.28. The van der Waals surface area contributed by atoms with Gasteiger partial charge in [0.25, 0.3) is 7.82 Å². The maximum atomic E-state index is 12.8. The van der Waals surface area contributed by atoms with Crippen molar-refractivity contribution in [3.63, 3.8) is 0 Å². The summed E-state index contributed by atoms with van der Waals surface area (Å²) in [5.74, 6) is -0.806. The summed E-state index contributed by atoms with van der Waals surface area (Å²) in [6.45, 7) is 4.33. The first kappa shape index (κ1) is 72.0. The molecule has 10 heteroatoms. The smallest absolute Gasteiger partial charge is 0.306 e. The van der Waals surface area contributed by atoms with E-state index >= 15 is 0 Å². The van der Waals surface area contributed by atoms with Crippen LogP contribution >= 0.6 is 7.82 Å². The molecule has 73 heavy (non-hydrogen) atoms. The zero-order valence-electron chi connectivity index (χ0n) is 49.6. The Bertz CT molecular complexity index is 1200. The predicted octanol–water partition coefficient (Wildman–Crippen LogP) is 19.6. The normalized spacial score (nSPS) is 13.1. The molecule has 0 saturated carbocycles. The Morgan fingerprint density at radius 3 is 0.877 bits per heavy atom. The highest BCUT2D eigenvalue weighted by Gasteiger charge is 2.22. The van der Waals surface area contributed by atoms with Crippen LogP contribution in [0.4, 0.5) is 0 Å². The van der Waals surface area contributed by atoms with Crippen LogP contribution in [0.15, 0.2) is 0 Å². The third kappa shape index (κ3) is 60.1. The molecule has 0 radical (unpaired) electrons. The molecular formula is C63H126NO8P. The van der Waals surface area contributed by atoms with Crippen LogP contribution in [-0.2, 0) is 32.7 Å². The molecule has 0 amide bonds. The minimum absolute atomic E-state index is 0.0249. The highest BCUT2D eigenvalue weighted by atomic mass is 31.2. The molecule has 0 heterocycles. The quantitative estimate of drug-likeness (QED) is 0.0256. The Kier molecular flexibility index (Phi) is 55.0. The maximum absolute atomic E-state index is 12.8. The van der Waals surface area contributed by atoms with Gasteiger partial charge in [0, 0.05) is 12.8 Å². The van der Waals surface area contributed by atoms with Crippen molar-refractivity contribution in [1.82, 2.24) is 0 Å². The number of ether oxygens (including phenoxy) is 2. The van der Waals surface area contributed by atoms with Crippen molar-refractivity contribution in [2.75, 3.05) is 47.5 Å². The fourth-order valence-electron chi connectivity index (χ4n) is 9.90. The summed E-state index contributed by atoms with van der Waals surface area (Å²) in [4.78, 5) is 37.9. The lowest BCUT2D eigenvalue weighted by atomic mass is 10.0. The average molecular weight is 1060 g/mol. The van der Waals surface area contributed by atoms with Gasteiger partial charge in [-0.05, 0) is 12.8 Å². The first-order chi connectivity index (χ1) is 35.5. The van der Waals surface area contributed by atoms with Crippen LogP contribution in [0.25, 0.3) is 0 Å². The molecule has 9 nitrogen and oxygen atoms in total. The van der Waals surface area contributed by atoms with Gasteiger partial charge in [0.15, 0.2) is 6.10 Å². The molecule has 0 saturated heterocycles. The summed E-state index contributed by atoms with van der Waals surface area (Å²) in [7, 11) is 1.19. The minimum Gasteiger partial charge on any atom is -0.756 e. The number of rotatable bonds is 61. The largest absolute Gasteiger partial charge is 0.756 e. The van der Waals surface area contributed by atoms with Gasteiger partial charge in [0.2, 0.25) is 0 Å². The third-order valence-corrected chi connectivity index (χ3v) is 15.8. The number of hydrogen-bond acceptors (Lipinski definition) is 8. The Morgan fingerprint density at radius 1 is 0.370 bits per heavy atom. The molecule has 0 bridgehead atoms. The molecule has 436 valence electrons. The molecule has 0 rings (SSSR count). The number of carbonyl (C=O) groups is 2. The zero-order chi connectivity index (χ0) is 53.5. The second-order valence-electron chi connectivity index (χ2n) is 23.5. The number of nitrogens with zero attached hydrogens (tertiary/aromatic N) is 1. The molecule has 0 aromatic carbocycles. The van der Waals surface area contributed by atoms with E-state index in [0.717, 1.165) is 32.1 Å². The number of phosphoric ester groups is 1. The summed E-state index contributed by atoms with van der Waals surface area (Å²) in [6.07, 6.45) is 64.5. The Labute approximate surface area is 454 Å². The average Bonchev–Trinajstić information content (AvgIpc) is 3.35. The van der Waals surface area contributed by atoms with Gasteiger partial charge in [0.05, 0.1) is 27.7 Å². The second-order valence-corrected chi connectivity index (χ2v) is 24.9. The molecule has 0 aliphatic carbocycles. The fourth-order valence-corrected chi connectivity index (χ4v) is 10.6. The third-order valence-electron chi connectivity index (χ3n) is 14.9. The molecule has 0 spiro atoms. The molecule has 0 aliphatic heterocycles. The maximum Gasteiger partial charge on any atom is 0.306 e. The van der Waals surface area contributed by atoms with Crippen molar-refractivity contribution in [1.29, 1.82) is 0 Å². The molecule has 0 aromatic heterocycles. The van der Waals surface area contributed by atoms with Gasteiger partial charge in [-0.25, -0.2) is 0 Å². The zero-order valence-corrected chi connectivity index (χ0v) is 50.5. The van der Waals surface area contributed by atoms with Crippen LogP contribution in [0, 0.1) is 0 Å². The van der Waals surface area contributed by atoms with Gasteiger partial charge in [-0.1, -0.05) is 316 Å². The number of likely N-dealkylation sites (N-methyl/N-ethyl adjacent to an activating group) is 1. The van der Waals surface area contributed by atoms with E-state index in [0.29, 0.717) is 17.4 Å². The molecular weight excluding hydrogens is 930 g/mol. The highest BCUT2D eigenvalue weighted by molar-refractivity contribution is 7.45. The van der Waals surface area contributed by atoms with E-state index in [1.165, 1.54) is 276 Å². The first-order valence-electron chi connectivity index (χ1n) is 32.2. The van der Waals surface area contributed by atoms with Crippen molar-refractivity contribution in [3.8, 4) is 0 Å². The van der Waals surface area contributed by atoms with Crippen LogP contribution in [0.5, 0.6) is 0 Å². The molecule has 0 aromatic rings. The Morgan fingerprint density at radius 2 is 0.616 bits per heavy atom. The van der Waals surface area contributed by atoms with E-state index in [2.05, 4.69) is 13.8 Å². The van der Waals surface area contributed by atoms with E-state index in [1.54, 1.807) is 0 Å². The van der Waals surface area contributed by atoms with Crippen LogP contribution in [0.3, 0.4) is 0 Å². The first-order valence-corrected chi connectivity index (χ1v) is 33.7. The second kappa shape index (κ2) is 55.8. The van der Waals surface area contributed by atoms with Crippen LogP contribution in [0.1, 0.15) is 341 Å². The minimum atomic E-state index is -4.63. The summed E-state index contributed by atoms with van der Waals surface area (Å²) in [5.41, 5.74) is 0. The fraction of sp³-hybridized carbons (Fsp3) is 0.968. The van der Waals surface area contributed by atoms with E-state index in [4.69, 9.17) is 18.5 Å². The number of phosphoric acid groups is 1. The number of hydrogen-bond donors (Lipinski definition) is 0. The van der Waals surface area contributed by atoms with Crippen LogP contribution in [-0.4, -0.2) is 70.0 Å². The summed E-state index contributed by atoms with van der Waals surface area (Å²) >= 11 is 0. The number of carbonyl (C=O) groups excluding carboxylic acids is 2. The van der Waals surface area contributed by atoms with Gasteiger partial charge in [0.1, 0.15) is 19.8 Å². The predicted molar refractivity (Wildman–Crippen MR) is 310 cm³/mol. The molecule has 2 atom stereocenters. The summed E-state index contributed by atoms with van der Waals surface area (Å²) in [5, 5.41) is 0. The van der Waals surface area contributed by atoms with E-state index < -0.39 is 26.5 Å². The SMILES string of the molecule is CCCCCCCCCCCCCCCCCCCCCCCCCCCCCCC(=O)OC(COC(=O)CCCCCCCCCCCCCCCCCCCCCCC)COP(=O)([O-])OCC[N+](C)(C)C. The number of quaternary nitrogens is 1. The Hall–Kier alpha value is -0.990. The molecule has 0 fully saturated rings. The lowest BCUT2D eigenvalue weighted by Crippen LogP contribution is -2.37. The van der Waals surface area contributed by atoms with E-state index in [9.17, 15) is 19.0 Å². The molecule has 0 N–H and O–H groups in total. The summed E-state index contributed by atoms with van der Waals surface area (Å²) in [6, 6.07) is 0. The van der Waals surface area contributed by atoms with Gasteiger partial charge >= 0.3 is 11.9 Å². The number of unbranched alkanes of at least 4 members (excludes halogenated alkanes) is 47. The highest BCUT2D eigenvalue weighted by Crippen LogP contribution is 2.38. The van der Waals surface area contributed by atoms with E-state index in [-0.39, 0.29) is 32.0 Å². The van der Waals surface area contributed by atoms with Crippen molar-refractivity contribution in [2.45, 2.75) is 347 Å². The topological polar surface area (TPSA) is 111 Å². The van der Waals surface area contributed by atoms with Crippen molar-refractivity contribution >= 4 is 19.8 Å². The molecule has 0 aliphatic rings. The van der Waals surface area contributed by atoms with E-state index in [1.807, 2.05) is 21.1 Å². The van der Waals surface area contributed by atoms with Gasteiger partial charge < -0.3 is 27.9 Å². The standard InChI is InChI=1S/C63H126NO8P/c1-6-8-10-12-14-16-18-20-22-24-26-28-29-30-31-32-33-34-36-38-40-42-44-46-48-50-52-54-56-63(66)72-61(60-71-73(67,68)70-58-57-64(3,4)5)59-69-62(65)55-53-51-49-47-45-43-41-39-37-35-27-25-23-21-19-17-15-13-11-9-7-2/h61H,6-60H2,1-5H3. The van der Waals surface area contributed by atoms with Crippen molar-refractivity contribution < 1.29 is 42.1 Å². The Balaban J connectivity index is 4.02. The van der Waals surface area contributed by atoms with Crippen molar-refractivity contribution in [3.05, 3.63) is 0 Å². The van der Waals surface area contributed by atoms with Gasteiger partial charge in [-0.3, -0.25) is 14.2 Å². The van der Waals surface area contributed by atoms with Crippen LogP contribution in [0.2, 0.25) is 0 Å². The summed E-state index contributed by atoms with van der Waals surface area (Å²) < 4.78 is 34.3. The number of esters is 2. The molecule has 2 unspecified atom stereocenters. The van der Waals surface area contributed by atoms with Crippen molar-refractivity contribution in [2.24, 2.45) is 0 Å². The van der Waals surface area contributed by atoms with Gasteiger partial charge in [-0.15, -0.1) is 0 Å². The van der Waals surface area contributed by atoms with Crippen LogP contribution < -0.4 is 4.89 Å².